The number of nitrogens with one attached hydrogen (secondary N) is 1. The van der Waals surface area contributed by atoms with Crippen LogP contribution in [0, 0.1) is 18.3 Å². The van der Waals surface area contributed by atoms with Crippen LogP contribution in [0.2, 0.25) is 0 Å². The second-order valence-electron chi connectivity index (χ2n) is 6.91. The van der Waals surface area contributed by atoms with E-state index in [1.807, 2.05) is 31.2 Å². The highest BCUT2D eigenvalue weighted by Gasteiger charge is 2.13. The lowest BCUT2D eigenvalue weighted by atomic mass is 10.1. The minimum atomic E-state index is -0.995. The van der Waals surface area contributed by atoms with Crippen molar-refractivity contribution in [2.45, 2.75) is 13.5 Å². The molecule has 0 heterocycles. The predicted molar refractivity (Wildman–Crippen MR) is 125 cm³/mol. The molecule has 0 fully saturated rings. The number of carbonyl (C=O) groups excluding carboxylic acids is 1. The maximum Gasteiger partial charge on any atom is 0.335 e. The van der Waals surface area contributed by atoms with Gasteiger partial charge in [0.25, 0.3) is 5.91 Å². The number of hydrogen-bond donors (Lipinski definition) is 2. The van der Waals surface area contributed by atoms with Crippen molar-refractivity contribution in [1.82, 2.24) is 0 Å². The Labute approximate surface area is 193 Å². The third-order valence-electron chi connectivity index (χ3n) is 4.63. The van der Waals surface area contributed by atoms with Crippen molar-refractivity contribution in [3.8, 4) is 11.8 Å². The van der Waals surface area contributed by atoms with Crippen LogP contribution in [-0.4, -0.2) is 17.0 Å². The van der Waals surface area contributed by atoms with Crippen molar-refractivity contribution < 1.29 is 19.4 Å². The average Bonchev–Trinajstić information content (AvgIpc) is 2.78. The Bertz CT molecular complexity index is 1230. The number of aromatic carboxylic acids is 1. The monoisotopic (exact) mass is 490 g/mol. The van der Waals surface area contributed by atoms with Gasteiger partial charge >= 0.3 is 5.97 Å². The second kappa shape index (κ2) is 10.4. The number of halogens is 1. The summed E-state index contributed by atoms with van der Waals surface area (Å²) < 4.78 is 6.65. The number of carbonyl (C=O) groups is 2. The SMILES string of the molecule is Cc1ccccc1NC(=O)/C(C#N)=C/c1cc(Br)ccc1OCc1ccc(C(=O)O)cc1. The number of nitrogens with zero attached hydrogens (tertiary/aromatic N) is 1. The Kier molecular flexibility index (Phi) is 7.42. The Hall–Kier alpha value is -3.89. The Morgan fingerprint density at radius 3 is 2.50 bits per heavy atom. The van der Waals surface area contributed by atoms with Crippen LogP contribution < -0.4 is 10.1 Å². The van der Waals surface area contributed by atoms with Gasteiger partial charge in [-0.1, -0.05) is 46.3 Å². The van der Waals surface area contributed by atoms with E-state index in [9.17, 15) is 14.9 Å². The molecule has 6 nitrogen and oxygen atoms in total. The number of amides is 1. The van der Waals surface area contributed by atoms with Crippen molar-refractivity contribution in [2.75, 3.05) is 5.32 Å². The molecule has 32 heavy (non-hydrogen) atoms. The highest BCUT2D eigenvalue weighted by Crippen LogP contribution is 2.27. The fourth-order valence-corrected chi connectivity index (χ4v) is 3.25. The zero-order valence-electron chi connectivity index (χ0n) is 17.1. The zero-order chi connectivity index (χ0) is 23.1. The molecule has 3 aromatic rings. The molecule has 0 atom stereocenters. The Balaban J connectivity index is 1.81. The fourth-order valence-electron chi connectivity index (χ4n) is 2.88. The van der Waals surface area contributed by atoms with Gasteiger partial charge in [-0.2, -0.15) is 5.26 Å². The average molecular weight is 491 g/mol. The minimum Gasteiger partial charge on any atom is -0.488 e. The third kappa shape index (κ3) is 5.84. The number of nitriles is 1. The quantitative estimate of drug-likeness (QED) is 0.332. The first-order chi connectivity index (χ1) is 15.4. The Morgan fingerprint density at radius 1 is 1.12 bits per heavy atom. The van der Waals surface area contributed by atoms with Gasteiger partial charge < -0.3 is 15.2 Å². The number of hydrogen-bond acceptors (Lipinski definition) is 4. The van der Waals surface area contributed by atoms with Gasteiger partial charge in [0.2, 0.25) is 0 Å². The molecule has 2 N–H and O–H groups in total. The van der Waals surface area contributed by atoms with Crippen LogP contribution in [0.3, 0.4) is 0 Å². The largest absolute Gasteiger partial charge is 0.488 e. The normalized spacial score (nSPS) is 10.8. The number of ether oxygens (including phenoxy) is 1. The van der Waals surface area contributed by atoms with Gasteiger partial charge in [0.1, 0.15) is 24.0 Å². The lowest BCUT2D eigenvalue weighted by Gasteiger charge is -2.11. The molecule has 0 unspecified atom stereocenters. The molecule has 0 aliphatic heterocycles. The zero-order valence-corrected chi connectivity index (χ0v) is 18.7. The predicted octanol–water partition coefficient (Wildman–Crippen LogP) is 5.58. The van der Waals surface area contributed by atoms with E-state index < -0.39 is 11.9 Å². The fraction of sp³-hybridized carbons (Fsp3) is 0.0800. The molecule has 3 aromatic carbocycles. The Morgan fingerprint density at radius 2 is 1.84 bits per heavy atom. The van der Waals surface area contributed by atoms with E-state index in [2.05, 4.69) is 21.2 Å². The number of carboxylic acids is 1. The van der Waals surface area contributed by atoms with Gasteiger partial charge in [-0.3, -0.25) is 4.79 Å². The van der Waals surface area contributed by atoms with Crippen LogP contribution in [0.4, 0.5) is 5.69 Å². The molecule has 3 rings (SSSR count). The van der Waals surface area contributed by atoms with E-state index >= 15 is 0 Å². The summed E-state index contributed by atoms with van der Waals surface area (Å²) in [6.07, 6.45) is 1.47. The minimum absolute atomic E-state index is 0.0676. The molecular formula is C25H19BrN2O4. The first-order valence-electron chi connectivity index (χ1n) is 9.60. The van der Waals surface area contributed by atoms with Gasteiger partial charge in [0.15, 0.2) is 0 Å². The molecule has 1 amide bonds. The van der Waals surface area contributed by atoms with Gasteiger partial charge in [-0.05, 0) is 60.5 Å². The molecule has 7 heteroatoms. The molecule has 0 aliphatic carbocycles. The van der Waals surface area contributed by atoms with Crippen LogP contribution >= 0.6 is 15.9 Å². The molecule has 0 saturated carbocycles. The van der Waals surface area contributed by atoms with E-state index in [1.54, 1.807) is 36.4 Å². The highest BCUT2D eigenvalue weighted by atomic mass is 79.9. The first-order valence-corrected chi connectivity index (χ1v) is 10.4. The number of aryl methyl sites for hydroxylation is 1. The summed E-state index contributed by atoms with van der Waals surface area (Å²) in [6.45, 7) is 2.06. The lowest BCUT2D eigenvalue weighted by Crippen LogP contribution is -2.14. The van der Waals surface area contributed by atoms with Gasteiger partial charge in [-0.15, -0.1) is 0 Å². The van der Waals surface area contributed by atoms with E-state index in [0.29, 0.717) is 17.0 Å². The molecule has 0 aromatic heterocycles. The van der Waals surface area contributed by atoms with Crippen molar-refractivity contribution in [1.29, 1.82) is 5.26 Å². The topological polar surface area (TPSA) is 99.4 Å². The van der Waals surface area contributed by atoms with Crippen LogP contribution in [0.25, 0.3) is 6.08 Å². The molecular weight excluding hydrogens is 472 g/mol. The number of benzene rings is 3. The lowest BCUT2D eigenvalue weighted by molar-refractivity contribution is -0.112. The maximum absolute atomic E-state index is 12.7. The highest BCUT2D eigenvalue weighted by molar-refractivity contribution is 9.10. The van der Waals surface area contributed by atoms with E-state index in [-0.39, 0.29) is 17.7 Å². The summed E-state index contributed by atoms with van der Waals surface area (Å²) >= 11 is 3.40. The molecule has 160 valence electrons. The summed E-state index contributed by atoms with van der Waals surface area (Å²) in [4.78, 5) is 23.6. The van der Waals surface area contributed by atoms with Crippen molar-refractivity contribution in [3.63, 3.8) is 0 Å². The first kappa shape index (κ1) is 22.8. The summed E-state index contributed by atoms with van der Waals surface area (Å²) in [6, 6.07) is 20.9. The third-order valence-corrected chi connectivity index (χ3v) is 5.12. The van der Waals surface area contributed by atoms with Crippen molar-refractivity contribution >= 4 is 39.6 Å². The molecule has 0 aliphatic rings. The second-order valence-corrected chi connectivity index (χ2v) is 7.83. The number of carboxylic acid groups (broad SMARTS) is 1. The molecule has 0 spiro atoms. The van der Waals surface area contributed by atoms with Crippen LogP contribution in [-0.2, 0) is 11.4 Å². The summed E-state index contributed by atoms with van der Waals surface area (Å²) in [7, 11) is 0. The maximum atomic E-state index is 12.7. The standard InChI is InChI=1S/C25H19BrN2O4/c1-16-4-2-3-5-22(16)28-24(29)20(14-27)12-19-13-21(26)10-11-23(19)32-15-17-6-8-18(9-7-17)25(30)31/h2-13H,15H2,1H3,(H,28,29)(H,30,31)/b20-12+. The van der Waals surface area contributed by atoms with E-state index in [4.69, 9.17) is 9.84 Å². The number of rotatable bonds is 7. The van der Waals surface area contributed by atoms with Gasteiger partial charge in [0.05, 0.1) is 5.56 Å². The molecule has 0 bridgehead atoms. The summed E-state index contributed by atoms with van der Waals surface area (Å²) in [5.74, 6) is -1.03. The van der Waals surface area contributed by atoms with E-state index in [1.165, 1.54) is 18.2 Å². The molecule has 0 radical (unpaired) electrons. The van der Waals surface area contributed by atoms with Crippen molar-refractivity contribution in [2.24, 2.45) is 0 Å². The summed E-state index contributed by atoms with van der Waals surface area (Å²) in [5.41, 5.74) is 2.98. The number of anilines is 1. The van der Waals surface area contributed by atoms with Gasteiger partial charge in [-0.25, -0.2) is 4.79 Å². The van der Waals surface area contributed by atoms with Crippen molar-refractivity contribution in [3.05, 3.63) is 99.0 Å². The number of para-hydroxylation sites is 1. The van der Waals surface area contributed by atoms with Crippen LogP contribution in [0.1, 0.15) is 27.0 Å². The summed E-state index contributed by atoms with van der Waals surface area (Å²) in [5, 5.41) is 21.3. The smallest absolute Gasteiger partial charge is 0.335 e. The van der Waals surface area contributed by atoms with Gasteiger partial charge in [0, 0.05) is 15.7 Å². The molecule has 0 saturated heterocycles. The van der Waals surface area contributed by atoms with E-state index in [0.717, 1.165) is 15.6 Å². The van der Waals surface area contributed by atoms with Crippen LogP contribution in [0.15, 0.2) is 76.8 Å². The van der Waals surface area contributed by atoms with Crippen LogP contribution in [0.5, 0.6) is 5.75 Å².